The Kier molecular flexibility index (Phi) is 5.65. The van der Waals surface area contributed by atoms with Crippen molar-refractivity contribution in [1.29, 1.82) is 0 Å². The Balaban J connectivity index is 3.01. The molecule has 0 aliphatic carbocycles. The van der Waals surface area contributed by atoms with E-state index in [1.54, 1.807) is 0 Å². The molecule has 0 fully saturated rings. The van der Waals surface area contributed by atoms with Gasteiger partial charge in [-0.2, -0.15) is 13.2 Å². The maximum Gasteiger partial charge on any atom is 0.416 e. The summed E-state index contributed by atoms with van der Waals surface area (Å²) < 4.78 is 43.4. The molecular formula is C17H23F3O2. The van der Waals surface area contributed by atoms with E-state index in [9.17, 15) is 18.0 Å². The fraction of sp³-hybridized carbons (Fsp3) is 0.588. The first-order valence-electron chi connectivity index (χ1n) is 7.22. The molecule has 1 aromatic carbocycles. The monoisotopic (exact) mass is 316 g/mol. The molecule has 0 saturated carbocycles. The summed E-state index contributed by atoms with van der Waals surface area (Å²) in [6, 6.07) is 3.00. The molecule has 1 unspecified atom stereocenters. The Morgan fingerprint density at radius 1 is 1.23 bits per heavy atom. The van der Waals surface area contributed by atoms with E-state index >= 15 is 0 Å². The Labute approximate surface area is 129 Å². The minimum atomic E-state index is -4.47. The first-order chi connectivity index (χ1) is 9.94. The van der Waals surface area contributed by atoms with Crippen molar-refractivity contribution in [2.45, 2.75) is 46.7 Å². The number of ether oxygens (including phenoxy) is 1. The Bertz CT molecular complexity index is 528. The molecule has 0 aromatic heterocycles. The van der Waals surface area contributed by atoms with Crippen LogP contribution in [0.15, 0.2) is 18.2 Å². The molecule has 22 heavy (non-hydrogen) atoms. The molecule has 0 saturated heterocycles. The highest BCUT2D eigenvalue weighted by molar-refractivity contribution is 5.99. The third kappa shape index (κ3) is 5.35. The minimum absolute atomic E-state index is 0.00177. The standard InChI is InChI=1S/C17H23F3O2/c1-11(10-16(2,3)4)8-14(21)13-9-12(17(18,19)20)6-7-15(13)22-5/h6-7,9,11H,8,10H2,1-5H3. The van der Waals surface area contributed by atoms with E-state index in [1.807, 2.05) is 6.92 Å². The zero-order valence-electron chi connectivity index (χ0n) is 13.7. The predicted octanol–water partition coefficient (Wildman–Crippen LogP) is 5.36. The second-order valence-corrected chi connectivity index (χ2v) is 6.91. The maximum absolute atomic E-state index is 12.8. The van der Waals surface area contributed by atoms with Gasteiger partial charge in [-0.1, -0.05) is 27.7 Å². The van der Waals surface area contributed by atoms with E-state index in [1.165, 1.54) is 13.2 Å². The molecule has 2 nitrogen and oxygen atoms in total. The van der Waals surface area contributed by atoms with Gasteiger partial charge in [0.05, 0.1) is 18.2 Å². The summed E-state index contributed by atoms with van der Waals surface area (Å²) in [6.07, 6.45) is -3.45. The summed E-state index contributed by atoms with van der Waals surface area (Å²) in [6.45, 7) is 8.14. The van der Waals surface area contributed by atoms with E-state index in [-0.39, 0.29) is 34.8 Å². The number of hydrogen-bond donors (Lipinski definition) is 0. The second-order valence-electron chi connectivity index (χ2n) is 6.91. The molecule has 0 amide bonds. The average molecular weight is 316 g/mol. The summed E-state index contributed by atoms with van der Waals surface area (Å²) in [5.41, 5.74) is -0.768. The highest BCUT2D eigenvalue weighted by Gasteiger charge is 2.32. The molecule has 124 valence electrons. The molecular weight excluding hydrogens is 293 g/mol. The number of ketones is 1. The second kappa shape index (κ2) is 6.71. The topological polar surface area (TPSA) is 26.3 Å². The maximum atomic E-state index is 12.8. The number of methoxy groups -OCH3 is 1. The summed E-state index contributed by atoms with van der Waals surface area (Å²) in [5, 5.41) is 0. The first-order valence-corrected chi connectivity index (χ1v) is 7.22. The molecule has 0 radical (unpaired) electrons. The molecule has 1 rings (SSSR count). The zero-order valence-corrected chi connectivity index (χ0v) is 13.7. The van der Waals surface area contributed by atoms with Gasteiger partial charge in [0.15, 0.2) is 5.78 Å². The molecule has 0 aliphatic rings. The lowest BCUT2D eigenvalue weighted by Crippen LogP contribution is -2.15. The normalized spacial score (nSPS) is 13.8. The SMILES string of the molecule is COc1ccc(C(F)(F)F)cc1C(=O)CC(C)CC(C)(C)C. The van der Waals surface area contributed by atoms with Crippen LogP contribution in [-0.4, -0.2) is 12.9 Å². The van der Waals surface area contributed by atoms with Crippen LogP contribution in [-0.2, 0) is 6.18 Å². The fourth-order valence-electron chi connectivity index (χ4n) is 2.65. The van der Waals surface area contributed by atoms with Gasteiger partial charge >= 0.3 is 6.18 Å². The van der Waals surface area contributed by atoms with Crippen molar-refractivity contribution in [1.82, 2.24) is 0 Å². The van der Waals surface area contributed by atoms with Crippen molar-refractivity contribution in [3.05, 3.63) is 29.3 Å². The van der Waals surface area contributed by atoms with Crippen LogP contribution in [0.25, 0.3) is 0 Å². The van der Waals surface area contributed by atoms with Gasteiger partial charge in [0.1, 0.15) is 5.75 Å². The number of alkyl halides is 3. The lowest BCUT2D eigenvalue weighted by Gasteiger charge is -2.23. The largest absolute Gasteiger partial charge is 0.496 e. The van der Waals surface area contributed by atoms with Crippen LogP contribution < -0.4 is 4.74 Å². The highest BCUT2D eigenvalue weighted by atomic mass is 19.4. The van der Waals surface area contributed by atoms with Gasteiger partial charge in [-0.25, -0.2) is 0 Å². The molecule has 0 heterocycles. The van der Waals surface area contributed by atoms with Crippen molar-refractivity contribution in [2.75, 3.05) is 7.11 Å². The first kappa shape index (κ1) is 18.5. The van der Waals surface area contributed by atoms with E-state index < -0.39 is 11.7 Å². The Hall–Kier alpha value is -1.52. The van der Waals surface area contributed by atoms with E-state index in [2.05, 4.69) is 20.8 Å². The van der Waals surface area contributed by atoms with Crippen molar-refractivity contribution in [3.63, 3.8) is 0 Å². The van der Waals surface area contributed by atoms with Crippen LogP contribution in [0.5, 0.6) is 5.75 Å². The van der Waals surface area contributed by atoms with E-state index in [4.69, 9.17) is 4.74 Å². The van der Waals surface area contributed by atoms with E-state index in [0.29, 0.717) is 0 Å². The van der Waals surface area contributed by atoms with E-state index in [0.717, 1.165) is 18.6 Å². The number of carbonyl (C=O) groups is 1. The zero-order chi connectivity index (χ0) is 17.1. The number of benzene rings is 1. The van der Waals surface area contributed by atoms with Gasteiger partial charge in [0, 0.05) is 6.42 Å². The van der Waals surface area contributed by atoms with Crippen LogP contribution in [0, 0.1) is 11.3 Å². The molecule has 0 spiro atoms. The Morgan fingerprint density at radius 3 is 2.27 bits per heavy atom. The number of Topliss-reactive ketones (excluding diaryl/α,β-unsaturated/α-hetero) is 1. The highest BCUT2D eigenvalue weighted by Crippen LogP contribution is 2.34. The summed E-state index contributed by atoms with van der Waals surface area (Å²) in [5.74, 6) is -0.0487. The van der Waals surface area contributed by atoms with Gasteiger partial charge in [-0.3, -0.25) is 4.79 Å². The summed E-state index contributed by atoms with van der Waals surface area (Å²) >= 11 is 0. The third-order valence-electron chi connectivity index (χ3n) is 3.32. The smallest absolute Gasteiger partial charge is 0.416 e. The van der Waals surface area contributed by atoms with Gasteiger partial charge in [-0.05, 0) is 36.0 Å². The van der Waals surface area contributed by atoms with Crippen LogP contribution in [0.1, 0.15) is 56.5 Å². The quantitative estimate of drug-likeness (QED) is 0.684. The number of rotatable bonds is 5. The van der Waals surface area contributed by atoms with Crippen molar-refractivity contribution in [2.24, 2.45) is 11.3 Å². The third-order valence-corrected chi connectivity index (χ3v) is 3.32. The van der Waals surface area contributed by atoms with Crippen molar-refractivity contribution < 1.29 is 22.7 Å². The van der Waals surface area contributed by atoms with Gasteiger partial charge in [-0.15, -0.1) is 0 Å². The van der Waals surface area contributed by atoms with Gasteiger partial charge < -0.3 is 4.74 Å². The van der Waals surface area contributed by atoms with Crippen LogP contribution >= 0.6 is 0 Å². The summed E-state index contributed by atoms with van der Waals surface area (Å²) in [4.78, 5) is 12.4. The molecule has 1 aromatic rings. The van der Waals surface area contributed by atoms with Crippen LogP contribution in [0.3, 0.4) is 0 Å². The van der Waals surface area contributed by atoms with Gasteiger partial charge in [0.2, 0.25) is 0 Å². The Morgan fingerprint density at radius 2 is 1.82 bits per heavy atom. The van der Waals surface area contributed by atoms with Crippen LogP contribution in [0.4, 0.5) is 13.2 Å². The molecule has 1 atom stereocenters. The predicted molar refractivity (Wildman–Crippen MR) is 80.2 cm³/mol. The lowest BCUT2D eigenvalue weighted by atomic mass is 9.83. The average Bonchev–Trinajstić information content (AvgIpc) is 2.34. The summed E-state index contributed by atoms with van der Waals surface area (Å²) in [7, 11) is 1.35. The van der Waals surface area contributed by atoms with Gasteiger partial charge in [0.25, 0.3) is 0 Å². The van der Waals surface area contributed by atoms with Crippen molar-refractivity contribution in [3.8, 4) is 5.75 Å². The molecule has 0 bridgehead atoms. The molecule has 5 heteroatoms. The number of halogens is 3. The minimum Gasteiger partial charge on any atom is -0.496 e. The number of carbonyl (C=O) groups excluding carboxylic acids is 1. The van der Waals surface area contributed by atoms with Crippen molar-refractivity contribution >= 4 is 5.78 Å². The lowest BCUT2D eigenvalue weighted by molar-refractivity contribution is -0.137. The fourth-order valence-corrected chi connectivity index (χ4v) is 2.65. The number of hydrogen-bond acceptors (Lipinski definition) is 2. The molecule has 0 aliphatic heterocycles. The molecule has 0 N–H and O–H groups in total. The van der Waals surface area contributed by atoms with Crippen LogP contribution in [0.2, 0.25) is 0 Å².